The maximum Gasteiger partial charge on any atom is 0.194 e. The van der Waals surface area contributed by atoms with Crippen molar-refractivity contribution in [2.45, 2.75) is 22.8 Å². The van der Waals surface area contributed by atoms with Gasteiger partial charge in [-0.25, -0.2) is 4.98 Å². The van der Waals surface area contributed by atoms with Gasteiger partial charge in [0.2, 0.25) is 0 Å². The van der Waals surface area contributed by atoms with Gasteiger partial charge in [0.05, 0.1) is 5.69 Å². The van der Waals surface area contributed by atoms with E-state index in [0.29, 0.717) is 0 Å². The van der Waals surface area contributed by atoms with Crippen LogP contribution in [-0.2, 0) is 6.54 Å². The summed E-state index contributed by atoms with van der Waals surface area (Å²) in [6, 6.07) is 0. The molecule has 0 fully saturated rings. The molecule has 1 N–H and O–H groups in total. The normalized spacial score (nSPS) is 11.4. The van der Waals surface area contributed by atoms with E-state index in [4.69, 9.17) is 0 Å². The molecule has 0 unspecified atom stereocenters. The van der Waals surface area contributed by atoms with Crippen molar-refractivity contribution in [3.63, 3.8) is 0 Å². The van der Waals surface area contributed by atoms with Crippen LogP contribution in [0.25, 0.3) is 4.96 Å². The second-order valence-corrected chi connectivity index (χ2v) is 6.45. The number of hydrogen-bond acceptors (Lipinski definition) is 7. The molecule has 8 heteroatoms. The van der Waals surface area contributed by atoms with Crippen molar-refractivity contribution in [3.05, 3.63) is 22.8 Å². The van der Waals surface area contributed by atoms with Crippen molar-refractivity contribution >= 4 is 39.4 Å². The molecule has 3 heterocycles. The first-order chi connectivity index (χ1) is 8.88. The summed E-state index contributed by atoms with van der Waals surface area (Å²) in [6.45, 7) is 3.86. The predicted octanol–water partition coefficient (Wildman–Crippen LogP) is 2.51. The minimum absolute atomic E-state index is 0.815. The first-order valence-corrected chi connectivity index (χ1v) is 8.05. The van der Waals surface area contributed by atoms with Crippen molar-refractivity contribution in [1.29, 1.82) is 0 Å². The van der Waals surface area contributed by atoms with Crippen LogP contribution in [0.1, 0.15) is 12.6 Å². The second kappa shape index (κ2) is 5.35. The average molecular weight is 297 g/mol. The molecule has 5 nitrogen and oxygen atoms in total. The lowest BCUT2D eigenvalue weighted by molar-refractivity contribution is 0.694. The van der Waals surface area contributed by atoms with Crippen LogP contribution in [0.2, 0.25) is 0 Å². The molecule has 0 saturated carbocycles. The molecule has 0 aliphatic rings. The van der Waals surface area contributed by atoms with E-state index >= 15 is 0 Å². The fraction of sp³-hybridized carbons (Fsp3) is 0.300. The Balaban J connectivity index is 1.96. The zero-order valence-electron chi connectivity index (χ0n) is 9.66. The molecule has 3 aromatic heterocycles. The van der Waals surface area contributed by atoms with E-state index in [1.807, 2.05) is 0 Å². The molecule has 0 radical (unpaired) electrons. The van der Waals surface area contributed by atoms with Crippen LogP contribution in [0.15, 0.2) is 26.5 Å². The lowest BCUT2D eigenvalue weighted by Crippen LogP contribution is -2.13. The lowest BCUT2D eigenvalue weighted by Gasteiger charge is -2.02. The first-order valence-electron chi connectivity index (χ1n) is 5.47. The largest absolute Gasteiger partial charge is 0.311 e. The molecule has 94 valence electrons. The van der Waals surface area contributed by atoms with Gasteiger partial charge in [0.1, 0.15) is 10.5 Å². The van der Waals surface area contributed by atoms with Crippen molar-refractivity contribution in [3.8, 4) is 0 Å². The number of aromatic nitrogens is 4. The van der Waals surface area contributed by atoms with E-state index in [2.05, 4.69) is 43.4 Å². The molecule has 3 aromatic rings. The third-order valence-corrected chi connectivity index (χ3v) is 4.95. The predicted molar refractivity (Wildman–Crippen MR) is 74.5 cm³/mol. The highest BCUT2D eigenvalue weighted by molar-refractivity contribution is 8.01. The summed E-state index contributed by atoms with van der Waals surface area (Å²) in [5.41, 5.74) is 2.93. The SMILES string of the molecule is CCNCc1c(Sc2nncs2)nc2sccn12. The molecule has 0 aliphatic heterocycles. The molecule has 0 aromatic carbocycles. The Morgan fingerprint density at radius 3 is 3.17 bits per heavy atom. The third-order valence-electron chi connectivity index (χ3n) is 2.39. The summed E-state index contributed by atoms with van der Waals surface area (Å²) in [6.07, 6.45) is 2.06. The van der Waals surface area contributed by atoms with Gasteiger partial charge in [-0.3, -0.25) is 4.40 Å². The second-order valence-electron chi connectivity index (χ2n) is 3.51. The highest BCUT2D eigenvalue weighted by Gasteiger charge is 2.15. The summed E-state index contributed by atoms with van der Waals surface area (Å²) < 4.78 is 3.06. The van der Waals surface area contributed by atoms with Crippen molar-refractivity contribution in [2.75, 3.05) is 6.54 Å². The zero-order chi connectivity index (χ0) is 12.4. The highest BCUT2D eigenvalue weighted by atomic mass is 32.2. The molecule has 0 aliphatic carbocycles. The van der Waals surface area contributed by atoms with Gasteiger partial charge in [-0.2, -0.15) is 0 Å². The van der Waals surface area contributed by atoms with Gasteiger partial charge >= 0.3 is 0 Å². The third kappa shape index (κ3) is 2.28. The molecule has 18 heavy (non-hydrogen) atoms. The molecule has 0 saturated heterocycles. The smallest absolute Gasteiger partial charge is 0.194 e. The molecule has 0 atom stereocenters. The van der Waals surface area contributed by atoms with Crippen LogP contribution >= 0.6 is 34.4 Å². The molecule has 0 amide bonds. The molecular weight excluding hydrogens is 286 g/mol. The molecule has 3 rings (SSSR count). The number of thiazole rings is 1. The summed E-state index contributed by atoms with van der Waals surface area (Å²) in [5, 5.41) is 14.3. The minimum Gasteiger partial charge on any atom is -0.311 e. The number of nitrogens with one attached hydrogen (secondary N) is 1. The fourth-order valence-corrected chi connectivity index (χ4v) is 3.89. The van der Waals surface area contributed by atoms with Gasteiger partial charge in [0, 0.05) is 18.1 Å². The summed E-state index contributed by atoms with van der Waals surface area (Å²) in [4.78, 5) is 5.67. The summed E-state index contributed by atoms with van der Waals surface area (Å²) >= 11 is 4.77. The van der Waals surface area contributed by atoms with Crippen LogP contribution in [0.3, 0.4) is 0 Å². The Morgan fingerprint density at radius 1 is 1.44 bits per heavy atom. The lowest BCUT2D eigenvalue weighted by atomic mass is 10.4. The molecule has 0 bridgehead atoms. The number of hydrogen-bond donors (Lipinski definition) is 1. The van der Waals surface area contributed by atoms with Crippen LogP contribution in [0.4, 0.5) is 0 Å². The number of fused-ring (bicyclic) bond motifs is 1. The van der Waals surface area contributed by atoms with Gasteiger partial charge < -0.3 is 5.32 Å². The standard InChI is InChI=1S/C10H11N5S3/c1-2-11-5-7-8(18-10-14-12-6-17-10)13-9-15(7)3-4-16-9/h3-4,6,11H,2,5H2,1H3. The van der Waals surface area contributed by atoms with Gasteiger partial charge in [-0.1, -0.05) is 18.3 Å². The molecule has 0 spiro atoms. The van der Waals surface area contributed by atoms with Gasteiger partial charge in [-0.05, 0) is 18.3 Å². The number of imidazole rings is 1. The van der Waals surface area contributed by atoms with Crippen LogP contribution in [-0.4, -0.2) is 26.1 Å². The van der Waals surface area contributed by atoms with E-state index in [0.717, 1.165) is 27.4 Å². The molecular formula is C10H11N5S3. The quantitative estimate of drug-likeness (QED) is 0.784. The van der Waals surface area contributed by atoms with Crippen LogP contribution in [0.5, 0.6) is 0 Å². The van der Waals surface area contributed by atoms with Gasteiger partial charge in [0.15, 0.2) is 9.30 Å². The minimum atomic E-state index is 0.815. The fourth-order valence-electron chi connectivity index (χ4n) is 1.59. The van der Waals surface area contributed by atoms with Crippen molar-refractivity contribution in [1.82, 2.24) is 24.9 Å². The van der Waals surface area contributed by atoms with Crippen LogP contribution in [0, 0.1) is 0 Å². The Kier molecular flexibility index (Phi) is 3.59. The Morgan fingerprint density at radius 2 is 2.39 bits per heavy atom. The van der Waals surface area contributed by atoms with Crippen molar-refractivity contribution in [2.24, 2.45) is 0 Å². The van der Waals surface area contributed by atoms with E-state index in [-0.39, 0.29) is 0 Å². The number of rotatable bonds is 5. The Hall–Kier alpha value is -0.960. The van der Waals surface area contributed by atoms with Gasteiger partial charge in [-0.15, -0.1) is 21.5 Å². The van der Waals surface area contributed by atoms with E-state index in [9.17, 15) is 0 Å². The van der Waals surface area contributed by atoms with Crippen LogP contribution < -0.4 is 5.32 Å². The Bertz CT molecular complexity index is 627. The summed E-state index contributed by atoms with van der Waals surface area (Å²) in [5.74, 6) is 0. The highest BCUT2D eigenvalue weighted by Crippen LogP contribution is 2.32. The van der Waals surface area contributed by atoms with E-state index in [1.165, 1.54) is 17.0 Å². The average Bonchev–Trinajstić information content (AvgIpc) is 3.04. The topological polar surface area (TPSA) is 55.1 Å². The van der Waals surface area contributed by atoms with Gasteiger partial charge in [0.25, 0.3) is 0 Å². The summed E-state index contributed by atoms with van der Waals surface area (Å²) in [7, 11) is 0. The first kappa shape index (κ1) is 12.1. The number of nitrogens with zero attached hydrogens (tertiary/aromatic N) is 4. The van der Waals surface area contributed by atoms with Crippen molar-refractivity contribution < 1.29 is 0 Å². The monoisotopic (exact) mass is 297 g/mol. The Labute approximate surface area is 116 Å². The van der Waals surface area contributed by atoms with E-state index in [1.54, 1.807) is 28.6 Å². The maximum absolute atomic E-state index is 4.64. The van der Waals surface area contributed by atoms with E-state index < -0.39 is 0 Å². The zero-order valence-corrected chi connectivity index (χ0v) is 12.1. The maximum atomic E-state index is 4.64.